The van der Waals surface area contributed by atoms with E-state index in [0.717, 1.165) is 35.4 Å². The molecule has 5 aromatic carbocycles. The van der Waals surface area contributed by atoms with E-state index in [4.69, 9.17) is 8.83 Å². The summed E-state index contributed by atoms with van der Waals surface area (Å²) in [5.74, 6) is -8.32. The molecule has 242 valence electrons. The van der Waals surface area contributed by atoms with Gasteiger partial charge in [-0.05, 0) is 70.8 Å². The molecule has 4 nitrogen and oxygen atoms in total. The number of hydrogen-bond donors (Lipinski definition) is 0. The molecule has 0 saturated carbocycles. The number of halogens is 6. The van der Waals surface area contributed by atoms with Crippen LogP contribution in [-0.4, -0.2) is 9.97 Å². The molecular weight excluding hydrogens is 654 g/mol. The lowest BCUT2D eigenvalue weighted by atomic mass is 9.99. The number of fused-ring (bicyclic) bond motifs is 6. The standard InChI is InChI=1S/C40H18F6N2O2/c41-29-15-21(16-30(42)33(29)45)23-3-1-5-27-35-39(49-37(23)27)25(11-13-47-35)19-7-9-20(10-8-19)26-12-14-48-36-28-6-2-4-24(38(28)50-40(26)36)22-17-31(43)34(46)32(44)18-22/h1-18H. The fourth-order valence-electron chi connectivity index (χ4n) is 6.52. The smallest absolute Gasteiger partial charge is 0.194 e. The molecule has 0 bridgehead atoms. The minimum atomic E-state index is -1.55. The average molecular weight is 673 g/mol. The van der Waals surface area contributed by atoms with Crippen LogP contribution in [0.2, 0.25) is 0 Å². The largest absolute Gasteiger partial charge is 0.453 e. The first-order valence-electron chi connectivity index (χ1n) is 15.3. The molecule has 0 unspecified atom stereocenters. The Bertz CT molecular complexity index is 2600. The molecule has 0 fully saturated rings. The van der Waals surface area contributed by atoms with Gasteiger partial charge in [-0.1, -0.05) is 48.5 Å². The van der Waals surface area contributed by atoms with Crippen molar-refractivity contribution in [3.8, 4) is 44.5 Å². The second kappa shape index (κ2) is 11.1. The topological polar surface area (TPSA) is 52.1 Å². The third-order valence-corrected chi connectivity index (χ3v) is 8.85. The molecular formula is C40H18F6N2O2. The van der Waals surface area contributed by atoms with Crippen LogP contribution in [-0.2, 0) is 0 Å². The van der Waals surface area contributed by atoms with Crippen molar-refractivity contribution in [3.63, 3.8) is 0 Å². The molecule has 9 rings (SSSR count). The number of furan rings is 2. The van der Waals surface area contributed by atoms with Crippen molar-refractivity contribution in [2.45, 2.75) is 0 Å². The average Bonchev–Trinajstić information content (AvgIpc) is 3.71. The van der Waals surface area contributed by atoms with E-state index in [1.165, 1.54) is 0 Å². The second-order valence-electron chi connectivity index (χ2n) is 11.7. The quantitative estimate of drug-likeness (QED) is 0.138. The van der Waals surface area contributed by atoms with Crippen LogP contribution in [0.1, 0.15) is 0 Å². The van der Waals surface area contributed by atoms with Crippen LogP contribution in [0.25, 0.3) is 88.6 Å². The molecule has 4 aromatic heterocycles. The van der Waals surface area contributed by atoms with Crippen LogP contribution in [0.3, 0.4) is 0 Å². The first-order valence-corrected chi connectivity index (χ1v) is 15.3. The van der Waals surface area contributed by atoms with Crippen LogP contribution < -0.4 is 0 Å². The molecule has 0 aliphatic rings. The molecule has 0 saturated heterocycles. The van der Waals surface area contributed by atoms with Crippen molar-refractivity contribution in [1.29, 1.82) is 0 Å². The normalized spacial score (nSPS) is 11.8. The van der Waals surface area contributed by atoms with Crippen LogP contribution in [0, 0.1) is 34.9 Å². The maximum Gasteiger partial charge on any atom is 0.194 e. The summed E-state index contributed by atoms with van der Waals surface area (Å²) in [6.45, 7) is 0. The van der Waals surface area contributed by atoms with Gasteiger partial charge in [-0.25, -0.2) is 26.3 Å². The maximum atomic E-state index is 14.1. The van der Waals surface area contributed by atoms with Gasteiger partial charge in [0, 0.05) is 45.4 Å². The van der Waals surface area contributed by atoms with Gasteiger partial charge in [0.05, 0.1) is 0 Å². The highest BCUT2D eigenvalue weighted by atomic mass is 19.2. The first kappa shape index (κ1) is 29.7. The lowest BCUT2D eigenvalue weighted by Crippen LogP contribution is -1.92. The first-order chi connectivity index (χ1) is 24.3. The highest BCUT2D eigenvalue weighted by molar-refractivity contribution is 6.12. The van der Waals surface area contributed by atoms with Crippen molar-refractivity contribution in [2.75, 3.05) is 0 Å². The second-order valence-corrected chi connectivity index (χ2v) is 11.7. The summed E-state index contributed by atoms with van der Waals surface area (Å²) in [5.41, 5.74) is 6.70. The summed E-state index contributed by atoms with van der Waals surface area (Å²) in [5, 5.41) is 1.24. The van der Waals surface area contributed by atoms with Crippen molar-refractivity contribution >= 4 is 44.1 Å². The predicted octanol–water partition coefficient (Wildman–Crippen LogP) is 11.8. The zero-order chi connectivity index (χ0) is 34.3. The molecule has 0 spiro atoms. The lowest BCUT2D eigenvalue weighted by molar-refractivity contribution is 0.447. The number of para-hydroxylation sites is 2. The fraction of sp³-hybridized carbons (Fsp3) is 0. The van der Waals surface area contributed by atoms with Crippen molar-refractivity contribution < 1.29 is 35.2 Å². The van der Waals surface area contributed by atoms with E-state index in [1.54, 1.807) is 60.9 Å². The van der Waals surface area contributed by atoms with Gasteiger partial charge < -0.3 is 8.83 Å². The molecule has 0 aliphatic carbocycles. The Hall–Kier alpha value is -6.42. The SMILES string of the molecule is Fc1cc(-c2cccc3c2oc2c(-c4ccc(-c5ccnc6c5oc5c(-c7cc(F)c(F)c(F)c7)cccc56)cc4)ccnc23)cc(F)c1F. The van der Waals surface area contributed by atoms with E-state index in [0.29, 0.717) is 66.4 Å². The lowest BCUT2D eigenvalue weighted by Gasteiger charge is -2.06. The summed E-state index contributed by atoms with van der Waals surface area (Å²) in [6.07, 6.45) is 3.28. The molecule has 0 aliphatic heterocycles. The van der Waals surface area contributed by atoms with E-state index in [2.05, 4.69) is 9.97 Å². The van der Waals surface area contributed by atoms with Crippen molar-refractivity contribution in [1.82, 2.24) is 9.97 Å². The van der Waals surface area contributed by atoms with Crippen molar-refractivity contribution in [3.05, 3.63) is 144 Å². The third kappa shape index (κ3) is 4.48. The van der Waals surface area contributed by atoms with Gasteiger partial charge in [0.15, 0.2) is 46.1 Å². The van der Waals surface area contributed by atoms with Gasteiger partial charge >= 0.3 is 0 Å². The summed E-state index contributed by atoms with van der Waals surface area (Å²) in [7, 11) is 0. The monoisotopic (exact) mass is 672 g/mol. The minimum Gasteiger partial charge on any atom is -0.453 e. The summed E-state index contributed by atoms with van der Waals surface area (Å²) in [4.78, 5) is 9.04. The molecule has 50 heavy (non-hydrogen) atoms. The molecule has 0 atom stereocenters. The summed E-state index contributed by atoms with van der Waals surface area (Å²) < 4.78 is 96.6. The van der Waals surface area contributed by atoms with Crippen LogP contribution >= 0.6 is 0 Å². The summed E-state index contributed by atoms with van der Waals surface area (Å²) in [6, 6.07) is 25.1. The number of rotatable bonds is 4. The molecule has 9 aromatic rings. The van der Waals surface area contributed by atoms with Gasteiger partial charge in [0.1, 0.15) is 22.2 Å². The predicted molar refractivity (Wildman–Crippen MR) is 178 cm³/mol. The molecule has 4 heterocycles. The maximum absolute atomic E-state index is 14.1. The molecule has 0 N–H and O–H groups in total. The molecule has 10 heteroatoms. The van der Waals surface area contributed by atoms with E-state index in [9.17, 15) is 26.3 Å². The Kier molecular flexibility index (Phi) is 6.57. The van der Waals surface area contributed by atoms with Gasteiger partial charge in [-0.2, -0.15) is 0 Å². The zero-order valence-corrected chi connectivity index (χ0v) is 25.4. The fourth-order valence-corrected chi connectivity index (χ4v) is 6.52. The van der Waals surface area contributed by atoms with E-state index in [-0.39, 0.29) is 11.1 Å². The van der Waals surface area contributed by atoms with E-state index < -0.39 is 34.9 Å². The third-order valence-electron chi connectivity index (χ3n) is 8.85. The number of hydrogen-bond acceptors (Lipinski definition) is 4. The van der Waals surface area contributed by atoms with Crippen LogP contribution in [0.5, 0.6) is 0 Å². The van der Waals surface area contributed by atoms with E-state index >= 15 is 0 Å². The molecule has 0 amide bonds. The van der Waals surface area contributed by atoms with Crippen molar-refractivity contribution in [2.24, 2.45) is 0 Å². The Morgan fingerprint density at radius 2 is 0.740 bits per heavy atom. The number of aromatic nitrogens is 2. The van der Waals surface area contributed by atoms with Gasteiger partial charge in [-0.15, -0.1) is 0 Å². The highest BCUT2D eigenvalue weighted by Crippen LogP contribution is 2.42. The minimum absolute atomic E-state index is 0.121. The Labute approximate surface area is 277 Å². The van der Waals surface area contributed by atoms with Gasteiger partial charge in [0.25, 0.3) is 0 Å². The Morgan fingerprint density at radius 3 is 1.12 bits per heavy atom. The highest BCUT2D eigenvalue weighted by Gasteiger charge is 2.21. The van der Waals surface area contributed by atoms with Crippen LogP contribution in [0.15, 0.2) is 118 Å². The molecule has 0 radical (unpaired) electrons. The van der Waals surface area contributed by atoms with Gasteiger partial charge in [0.2, 0.25) is 0 Å². The van der Waals surface area contributed by atoms with Crippen LogP contribution in [0.4, 0.5) is 26.3 Å². The number of nitrogens with zero attached hydrogens (tertiary/aromatic N) is 2. The Balaban J connectivity index is 1.14. The zero-order valence-electron chi connectivity index (χ0n) is 25.4. The van der Waals surface area contributed by atoms with Gasteiger partial charge in [-0.3, -0.25) is 9.97 Å². The Morgan fingerprint density at radius 1 is 0.380 bits per heavy atom. The van der Waals surface area contributed by atoms with E-state index in [1.807, 2.05) is 24.3 Å². The number of benzene rings is 5. The summed E-state index contributed by atoms with van der Waals surface area (Å²) >= 11 is 0. The number of pyridine rings is 2.